The summed E-state index contributed by atoms with van der Waals surface area (Å²) >= 11 is 1.02. The van der Waals surface area contributed by atoms with Gasteiger partial charge in [0.15, 0.2) is 11.6 Å². The van der Waals surface area contributed by atoms with Crippen LogP contribution in [0.3, 0.4) is 0 Å². The van der Waals surface area contributed by atoms with Crippen molar-refractivity contribution in [3.63, 3.8) is 0 Å². The monoisotopic (exact) mass is 331 g/mol. The van der Waals surface area contributed by atoms with Crippen molar-refractivity contribution in [3.8, 4) is 17.2 Å². The number of ether oxygens (including phenoxy) is 2. The number of rotatable bonds is 5. The van der Waals surface area contributed by atoms with Crippen LogP contribution in [-0.4, -0.2) is 12.1 Å². The molecule has 0 spiro atoms. The van der Waals surface area contributed by atoms with E-state index in [1.165, 1.54) is 13.2 Å². The summed E-state index contributed by atoms with van der Waals surface area (Å²) in [6.45, 7) is 0. The van der Waals surface area contributed by atoms with Gasteiger partial charge in [0, 0.05) is 35.5 Å². The van der Waals surface area contributed by atoms with Crippen molar-refractivity contribution in [1.82, 2.24) is 4.98 Å². The van der Waals surface area contributed by atoms with Crippen LogP contribution in [0.15, 0.2) is 48.7 Å². The minimum absolute atomic E-state index is 0.150. The first-order valence-electron chi connectivity index (χ1n) is 6.73. The third-order valence-corrected chi connectivity index (χ3v) is 3.59. The van der Waals surface area contributed by atoms with Gasteiger partial charge in [-0.2, -0.15) is 0 Å². The van der Waals surface area contributed by atoms with Crippen LogP contribution < -0.4 is 19.3 Å². The number of nitrogens with zero attached hydrogens (tertiary/aromatic N) is 1. The standard InChI is InChI=1S/C16H14FN3O2S/c1-21-16-9-14-12(8-13(16)17)15(6-7-19-14)22-11-4-2-10(3-5-11)20-23-18/h2-9,20H,18H2,1H3. The van der Waals surface area contributed by atoms with Gasteiger partial charge in [-0.15, -0.1) is 0 Å². The molecule has 0 aliphatic heterocycles. The molecule has 23 heavy (non-hydrogen) atoms. The number of aromatic nitrogens is 1. The fourth-order valence-electron chi connectivity index (χ4n) is 2.15. The zero-order chi connectivity index (χ0) is 16.2. The number of nitrogens with two attached hydrogens (primary N) is 1. The van der Waals surface area contributed by atoms with Crippen molar-refractivity contribution in [3.05, 3.63) is 54.5 Å². The van der Waals surface area contributed by atoms with Crippen molar-refractivity contribution in [2.45, 2.75) is 0 Å². The van der Waals surface area contributed by atoms with Crippen LogP contribution in [0.1, 0.15) is 0 Å². The van der Waals surface area contributed by atoms with Gasteiger partial charge in [0.05, 0.1) is 12.6 Å². The molecule has 2 aromatic carbocycles. The molecule has 7 heteroatoms. The Bertz CT molecular complexity index is 827. The summed E-state index contributed by atoms with van der Waals surface area (Å²) in [6, 6.07) is 11.9. The molecule has 1 heterocycles. The fourth-order valence-corrected chi connectivity index (χ4v) is 2.43. The van der Waals surface area contributed by atoms with Crippen LogP contribution in [0, 0.1) is 5.82 Å². The largest absolute Gasteiger partial charge is 0.494 e. The molecule has 0 bridgehead atoms. The highest BCUT2D eigenvalue weighted by Crippen LogP contribution is 2.32. The SMILES string of the molecule is COc1cc2nccc(Oc3ccc(NSN)cc3)c2cc1F. The van der Waals surface area contributed by atoms with E-state index >= 15 is 0 Å². The topological polar surface area (TPSA) is 69.4 Å². The highest BCUT2D eigenvalue weighted by molar-refractivity contribution is 7.98. The van der Waals surface area contributed by atoms with Gasteiger partial charge >= 0.3 is 0 Å². The lowest BCUT2D eigenvalue weighted by Gasteiger charge is -2.10. The maximum atomic E-state index is 13.9. The summed E-state index contributed by atoms with van der Waals surface area (Å²) in [7, 11) is 1.42. The summed E-state index contributed by atoms with van der Waals surface area (Å²) < 4.78 is 27.7. The third kappa shape index (κ3) is 3.30. The number of hydrogen-bond donors (Lipinski definition) is 2. The van der Waals surface area contributed by atoms with E-state index in [1.807, 2.05) is 12.1 Å². The molecule has 0 unspecified atom stereocenters. The predicted octanol–water partition coefficient (Wildman–Crippen LogP) is 4.11. The number of benzene rings is 2. The highest BCUT2D eigenvalue weighted by atomic mass is 32.2. The number of methoxy groups -OCH3 is 1. The normalized spacial score (nSPS) is 10.6. The molecule has 0 atom stereocenters. The van der Waals surface area contributed by atoms with Gasteiger partial charge in [-0.3, -0.25) is 10.1 Å². The molecule has 3 N–H and O–H groups in total. The number of halogens is 1. The zero-order valence-corrected chi connectivity index (χ0v) is 13.1. The van der Waals surface area contributed by atoms with Gasteiger partial charge in [0.25, 0.3) is 0 Å². The number of fused-ring (bicyclic) bond motifs is 1. The van der Waals surface area contributed by atoms with Crippen molar-refractivity contribution >= 4 is 28.7 Å². The van der Waals surface area contributed by atoms with Gasteiger partial charge in [-0.25, -0.2) is 4.39 Å². The Labute approximate surface area is 136 Å². The minimum atomic E-state index is -0.461. The van der Waals surface area contributed by atoms with Gasteiger partial charge in [-0.1, -0.05) is 0 Å². The lowest BCUT2D eigenvalue weighted by Crippen LogP contribution is -1.93. The quantitative estimate of drug-likeness (QED) is 0.686. The molecule has 118 valence electrons. The average Bonchev–Trinajstić information content (AvgIpc) is 2.57. The van der Waals surface area contributed by atoms with E-state index in [-0.39, 0.29) is 5.75 Å². The van der Waals surface area contributed by atoms with Crippen molar-refractivity contribution < 1.29 is 13.9 Å². The lowest BCUT2D eigenvalue weighted by molar-refractivity contribution is 0.387. The number of anilines is 1. The first kappa shape index (κ1) is 15.4. The van der Waals surface area contributed by atoms with Gasteiger partial charge in [0.2, 0.25) is 0 Å². The summed E-state index contributed by atoms with van der Waals surface area (Å²) in [5.41, 5.74) is 1.46. The van der Waals surface area contributed by atoms with Gasteiger partial charge < -0.3 is 14.2 Å². The van der Waals surface area contributed by atoms with Crippen molar-refractivity contribution in [2.24, 2.45) is 5.14 Å². The Morgan fingerprint density at radius 1 is 1.13 bits per heavy atom. The van der Waals surface area contributed by atoms with E-state index in [1.54, 1.807) is 30.5 Å². The van der Waals surface area contributed by atoms with E-state index in [2.05, 4.69) is 9.71 Å². The zero-order valence-electron chi connectivity index (χ0n) is 12.2. The molecule has 0 saturated carbocycles. The third-order valence-electron chi connectivity index (χ3n) is 3.23. The van der Waals surface area contributed by atoms with Crippen LogP contribution >= 0.6 is 12.1 Å². The molecule has 3 rings (SSSR count). The van der Waals surface area contributed by atoms with E-state index in [0.29, 0.717) is 22.4 Å². The first-order valence-corrected chi connectivity index (χ1v) is 7.61. The molecule has 5 nitrogen and oxygen atoms in total. The van der Waals surface area contributed by atoms with Crippen LogP contribution in [0.5, 0.6) is 17.2 Å². The molecular formula is C16H14FN3O2S. The maximum absolute atomic E-state index is 13.9. The number of pyridine rings is 1. The van der Waals surface area contributed by atoms with Crippen LogP contribution in [0.2, 0.25) is 0 Å². The molecule has 3 aromatic rings. The van der Waals surface area contributed by atoms with Gasteiger partial charge in [0.1, 0.15) is 11.5 Å². The van der Waals surface area contributed by atoms with Gasteiger partial charge in [-0.05, 0) is 36.4 Å². The Morgan fingerprint density at radius 2 is 1.91 bits per heavy atom. The Kier molecular flexibility index (Phi) is 4.50. The highest BCUT2D eigenvalue weighted by Gasteiger charge is 2.10. The molecule has 0 aliphatic carbocycles. The van der Waals surface area contributed by atoms with Crippen molar-refractivity contribution in [2.75, 3.05) is 11.8 Å². The second kappa shape index (κ2) is 6.72. The number of nitrogens with one attached hydrogen (secondary N) is 1. The van der Waals surface area contributed by atoms with Crippen LogP contribution in [0.4, 0.5) is 10.1 Å². The number of hydrogen-bond acceptors (Lipinski definition) is 6. The predicted molar refractivity (Wildman–Crippen MR) is 90.2 cm³/mol. The van der Waals surface area contributed by atoms with Crippen LogP contribution in [-0.2, 0) is 0 Å². The van der Waals surface area contributed by atoms with E-state index in [4.69, 9.17) is 14.6 Å². The summed E-state index contributed by atoms with van der Waals surface area (Å²) in [6.07, 6.45) is 1.61. The average molecular weight is 331 g/mol. The summed E-state index contributed by atoms with van der Waals surface area (Å²) in [4.78, 5) is 4.22. The second-order valence-corrected chi connectivity index (χ2v) is 5.10. The first-order chi connectivity index (χ1) is 11.2. The molecule has 1 aromatic heterocycles. The molecule has 0 fully saturated rings. The Hall–Kier alpha value is -2.51. The van der Waals surface area contributed by atoms with E-state index in [9.17, 15) is 4.39 Å². The lowest BCUT2D eigenvalue weighted by atomic mass is 10.2. The van der Waals surface area contributed by atoms with Crippen molar-refractivity contribution in [1.29, 1.82) is 0 Å². The smallest absolute Gasteiger partial charge is 0.165 e. The fraction of sp³-hybridized carbons (Fsp3) is 0.0625. The van der Waals surface area contributed by atoms with E-state index in [0.717, 1.165) is 17.8 Å². The summed E-state index contributed by atoms with van der Waals surface area (Å²) in [5.74, 6) is 0.834. The molecule has 0 aliphatic rings. The summed E-state index contributed by atoms with van der Waals surface area (Å²) in [5, 5.41) is 5.92. The minimum Gasteiger partial charge on any atom is -0.494 e. The molecular weight excluding hydrogens is 317 g/mol. The second-order valence-electron chi connectivity index (χ2n) is 4.66. The Balaban J connectivity index is 1.94. The molecule has 0 saturated heterocycles. The van der Waals surface area contributed by atoms with E-state index < -0.39 is 5.82 Å². The maximum Gasteiger partial charge on any atom is 0.165 e. The van der Waals surface area contributed by atoms with Crippen LogP contribution in [0.25, 0.3) is 10.9 Å². The Morgan fingerprint density at radius 3 is 2.61 bits per heavy atom. The molecule has 0 amide bonds. The molecule has 0 radical (unpaired) electrons.